The number of alkyl halides is 2. The van der Waals surface area contributed by atoms with Crippen molar-refractivity contribution in [3.63, 3.8) is 0 Å². The van der Waals surface area contributed by atoms with Crippen LogP contribution in [0.3, 0.4) is 0 Å². The molecule has 0 amide bonds. The van der Waals surface area contributed by atoms with E-state index in [0.717, 1.165) is 18.4 Å². The van der Waals surface area contributed by atoms with Gasteiger partial charge in [0.15, 0.2) is 0 Å². The molecule has 1 heterocycles. The largest absolute Gasteiger partial charge is 0.393 e. The van der Waals surface area contributed by atoms with E-state index in [1.165, 1.54) is 30.5 Å². The molecule has 1 fully saturated rings. The van der Waals surface area contributed by atoms with E-state index in [2.05, 4.69) is 26.7 Å². The Hall–Kier alpha value is -2.84. The molecule has 0 radical (unpaired) electrons. The maximum atomic E-state index is 13.3. The molecule has 8 nitrogen and oxygen atoms in total. The second kappa shape index (κ2) is 9.80. The number of hydrogen-bond acceptors (Lipinski definition) is 8. The van der Waals surface area contributed by atoms with Crippen LogP contribution < -0.4 is 10.6 Å². The maximum Gasteiger partial charge on any atom is 0.347 e. The van der Waals surface area contributed by atoms with Gasteiger partial charge in [0.2, 0.25) is 15.8 Å². The average molecular weight is 494 g/mol. The first kappa shape index (κ1) is 25.8. The number of rotatable bonds is 8. The van der Waals surface area contributed by atoms with Crippen molar-refractivity contribution in [1.29, 1.82) is 5.26 Å². The predicted molar refractivity (Wildman–Crippen MR) is 124 cm³/mol. The third-order valence-corrected chi connectivity index (χ3v) is 7.95. The lowest BCUT2D eigenvalue weighted by atomic mass is 9.73. The van der Waals surface area contributed by atoms with Crippen molar-refractivity contribution in [2.75, 3.05) is 17.2 Å². The minimum absolute atomic E-state index is 0.0681. The maximum absolute atomic E-state index is 13.3. The summed E-state index contributed by atoms with van der Waals surface area (Å²) in [5.41, 5.74) is 0.832. The minimum Gasteiger partial charge on any atom is -0.393 e. The molecule has 1 aliphatic carbocycles. The van der Waals surface area contributed by atoms with Crippen LogP contribution >= 0.6 is 0 Å². The molecular weight excluding hydrogens is 464 g/mol. The molecule has 3 rings (SSSR count). The predicted octanol–water partition coefficient (Wildman–Crippen LogP) is 3.74. The number of aliphatic hydroxyl groups excluding tert-OH is 1. The Morgan fingerprint density at radius 3 is 2.53 bits per heavy atom. The fourth-order valence-electron chi connectivity index (χ4n) is 3.96. The molecule has 3 N–H and O–H groups in total. The van der Waals surface area contributed by atoms with Gasteiger partial charge < -0.3 is 15.7 Å². The van der Waals surface area contributed by atoms with Crippen molar-refractivity contribution in [3.8, 4) is 6.07 Å². The van der Waals surface area contributed by atoms with Crippen LogP contribution in [0.4, 0.5) is 20.5 Å². The number of aromatic nitrogens is 2. The highest BCUT2D eigenvalue weighted by Gasteiger charge is 2.40. The van der Waals surface area contributed by atoms with E-state index in [0.29, 0.717) is 43.6 Å². The summed E-state index contributed by atoms with van der Waals surface area (Å²) in [5.74, 6) is 0.744. The standard InChI is InChI=1S/C23H29F2N5O3S/c1-22(2)12-17(6-9-19(22)31)29-20-16(13-26)14-28-21(30-20)27-11-10-15-4-7-18(8-5-15)34(32,33)23(3,24)25/h4-5,7-8,14,17,19,31H,6,9-12H2,1-3H3,(H2,27,28,29,30)/t17-,19+/m0/s1. The Bertz CT molecular complexity index is 1160. The number of benzene rings is 1. The summed E-state index contributed by atoms with van der Waals surface area (Å²) in [6.07, 6.45) is 3.71. The van der Waals surface area contributed by atoms with Gasteiger partial charge in [0, 0.05) is 19.5 Å². The number of nitriles is 1. The molecule has 0 unspecified atom stereocenters. The Morgan fingerprint density at radius 1 is 1.26 bits per heavy atom. The fraction of sp³-hybridized carbons (Fsp3) is 0.522. The Kier molecular flexibility index (Phi) is 7.43. The van der Waals surface area contributed by atoms with Crippen LogP contribution in [0.2, 0.25) is 0 Å². The van der Waals surface area contributed by atoms with Crippen LogP contribution in [-0.4, -0.2) is 47.4 Å². The summed E-state index contributed by atoms with van der Waals surface area (Å²) >= 11 is 0. The van der Waals surface area contributed by atoms with Crippen molar-refractivity contribution in [1.82, 2.24) is 9.97 Å². The molecule has 0 saturated heterocycles. The second-order valence-corrected chi connectivity index (χ2v) is 11.5. The van der Waals surface area contributed by atoms with Gasteiger partial charge in [-0.05, 0) is 48.8 Å². The van der Waals surface area contributed by atoms with Gasteiger partial charge in [0.05, 0.1) is 17.2 Å². The van der Waals surface area contributed by atoms with Crippen molar-refractivity contribution in [2.45, 2.75) is 68.8 Å². The number of anilines is 2. The highest BCUT2D eigenvalue weighted by Crippen LogP contribution is 2.37. The Morgan fingerprint density at radius 2 is 1.94 bits per heavy atom. The first-order valence-corrected chi connectivity index (χ1v) is 12.5. The first-order chi connectivity index (χ1) is 15.8. The average Bonchev–Trinajstić information content (AvgIpc) is 2.76. The summed E-state index contributed by atoms with van der Waals surface area (Å²) in [6.45, 7) is 4.79. The van der Waals surface area contributed by atoms with E-state index in [-0.39, 0.29) is 17.6 Å². The number of nitrogens with zero attached hydrogens (tertiary/aromatic N) is 3. The minimum atomic E-state index is -4.71. The molecule has 1 saturated carbocycles. The molecule has 11 heteroatoms. The molecule has 0 bridgehead atoms. The number of aliphatic hydroxyl groups is 1. The summed E-state index contributed by atoms with van der Waals surface area (Å²) in [6, 6.07) is 7.48. The molecule has 184 valence electrons. The fourth-order valence-corrected chi connectivity index (χ4v) is 4.87. The van der Waals surface area contributed by atoms with E-state index in [1.807, 2.05) is 13.8 Å². The highest BCUT2D eigenvalue weighted by atomic mass is 32.2. The van der Waals surface area contributed by atoms with E-state index >= 15 is 0 Å². The molecule has 0 aliphatic heterocycles. The number of nitrogens with one attached hydrogen (secondary N) is 2. The van der Waals surface area contributed by atoms with Crippen LogP contribution in [0.15, 0.2) is 35.4 Å². The smallest absolute Gasteiger partial charge is 0.347 e. The normalized spacial score (nSPS) is 20.4. The number of halogens is 2. The van der Waals surface area contributed by atoms with Gasteiger partial charge in [0.25, 0.3) is 0 Å². The van der Waals surface area contributed by atoms with Crippen molar-refractivity contribution in [2.24, 2.45) is 5.41 Å². The molecule has 1 aliphatic rings. The zero-order chi connectivity index (χ0) is 25.1. The van der Waals surface area contributed by atoms with Gasteiger partial charge in [-0.15, -0.1) is 0 Å². The molecule has 34 heavy (non-hydrogen) atoms. The lowest BCUT2D eigenvalue weighted by Crippen LogP contribution is -2.41. The Balaban J connectivity index is 1.62. The van der Waals surface area contributed by atoms with Gasteiger partial charge in [-0.25, -0.2) is 13.4 Å². The SMILES string of the molecule is CC1(C)C[C@@H](Nc2nc(NCCc3ccc(S(=O)(=O)C(C)(F)F)cc3)ncc2C#N)CC[C@H]1O. The van der Waals surface area contributed by atoms with Gasteiger partial charge in [-0.2, -0.15) is 19.0 Å². The highest BCUT2D eigenvalue weighted by molar-refractivity contribution is 7.92. The monoisotopic (exact) mass is 493 g/mol. The summed E-state index contributed by atoms with van der Waals surface area (Å²) in [7, 11) is -4.71. The van der Waals surface area contributed by atoms with Crippen LogP contribution in [0.25, 0.3) is 0 Å². The first-order valence-electron chi connectivity index (χ1n) is 11.0. The number of sulfone groups is 1. The quantitative estimate of drug-likeness (QED) is 0.507. The zero-order valence-electron chi connectivity index (χ0n) is 19.3. The van der Waals surface area contributed by atoms with Crippen LogP contribution in [0.5, 0.6) is 0 Å². The topological polar surface area (TPSA) is 128 Å². The van der Waals surface area contributed by atoms with Crippen LogP contribution in [0.1, 0.15) is 51.2 Å². The van der Waals surface area contributed by atoms with Gasteiger partial charge >= 0.3 is 5.25 Å². The van der Waals surface area contributed by atoms with Gasteiger partial charge in [-0.3, -0.25) is 0 Å². The van der Waals surface area contributed by atoms with E-state index in [1.54, 1.807) is 0 Å². The summed E-state index contributed by atoms with van der Waals surface area (Å²) in [5, 5.41) is 22.1. The molecule has 0 spiro atoms. The molecule has 1 aromatic heterocycles. The molecule has 1 aromatic carbocycles. The molecule has 2 aromatic rings. The molecular formula is C23H29F2N5O3S. The van der Waals surface area contributed by atoms with Gasteiger partial charge in [-0.1, -0.05) is 26.0 Å². The van der Waals surface area contributed by atoms with Crippen LogP contribution in [0, 0.1) is 16.7 Å². The Labute approximate surface area is 198 Å². The van der Waals surface area contributed by atoms with Crippen molar-refractivity contribution < 1.29 is 22.3 Å². The van der Waals surface area contributed by atoms with Crippen LogP contribution in [-0.2, 0) is 16.3 Å². The third-order valence-electron chi connectivity index (χ3n) is 6.12. The summed E-state index contributed by atoms with van der Waals surface area (Å²) in [4.78, 5) is 8.16. The van der Waals surface area contributed by atoms with E-state index < -0.39 is 20.0 Å². The second-order valence-electron chi connectivity index (χ2n) is 9.33. The third kappa shape index (κ3) is 5.80. The van der Waals surface area contributed by atoms with Crippen molar-refractivity contribution >= 4 is 21.6 Å². The van der Waals surface area contributed by atoms with Crippen molar-refractivity contribution in [3.05, 3.63) is 41.6 Å². The van der Waals surface area contributed by atoms with Gasteiger partial charge in [0.1, 0.15) is 17.5 Å². The zero-order valence-corrected chi connectivity index (χ0v) is 20.2. The molecule has 2 atom stereocenters. The lowest BCUT2D eigenvalue weighted by molar-refractivity contribution is 0.00926. The lowest BCUT2D eigenvalue weighted by Gasteiger charge is -2.40. The van der Waals surface area contributed by atoms with E-state index in [4.69, 9.17) is 0 Å². The number of hydrogen-bond donors (Lipinski definition) is 3. The van der Waals surface area contributed by atoms with E-state index in [9.17, 15) is 27.6 Å². The summed E-state index contributed by atoms with van der Waals surface area (Å²) < 4.78 is 50.3.